The zero-order valence-electron chi connectivity index (χ0n) is 15.5. The molecular weight excluding hydrogens is 356 g/mol. The lowest BCUT2D eigenvalue weighted by atomic mass is 10.1. The molecule has 0 saturated carbocycles. The molecule has 8 nitrogen and oxygen atoms in total. The number of para-hydroxylation sites is 1. The molecule has 1 atom stereocenters. The predicted molar refractivity (Wildman–Crippen MR) is 105 cm³/mol. The summed E-state index contributed by atoms with van der Waals surface area (Å²) in [5, 5.41) is 16.0. The lowest BCUT2D eigenvalue weighted by molar-refractivity contribution is 0.171. The topological polar surface area (TPSA) is 77.3 Å². The molecule has 144 valence electrons. The minimum absolute atomic E-state index is 0.303. The van der Waals surface area contributed by atoms with Gasteiger partial charge >= 0.3 is 0 Å². The van der Waals surface area contributed by atoms with Crippen LogP contribution < -0.4 is 19.7 Å². The van der Waals surface area contributed by atoms with E-state index in [1.54, 1.807) is 4.68 Å². The van der Waals surface area contributed by atoms with Gasteiger partial charge in [-0.25, -0.2) is 0 Å². The highest BCUT2D eigenvalue weighted by Gasteiger charge is 2.25. The fourth-order valence-corrected chi connectivity index (χ4v) is 3.76. The predicted octanol–water partition coefficient (Wildman–Crippen LogP) is 2.51. The van der Waals surface area contributed by atoms with Crippen molar-refractivity contribution >= 4 is 11.6 Å². The smallest absolute Gasteiger partial charge is 0.250 e. The number of ether oxygens (including phenoxy) is 2. The van der Waals surface area contributed by atoms with Crippen LogP contribution in [0.2, 0.25) is 0 Å². The number of rotatable bonds is 4. The summed E-state index contributed by atoms with van der Waals surface area (Å²) in [6.07, 6.45) is 2.17. The van der Waals surface area contributed by atoms with E-state index in [2.05, 4.69) is 25.7 Å². The highest BCUT2D eigenvalue weighted by atomic mass is 16.6. The number of fused-ring (bicyclic) bond motifs is 1. The molecule has 1 N–H and O–H groups in total. The van der Waals surface area contributed by atoms with E-state index in [1.165, 1.54) is 0 Å². The first-order valence-electron chi connectivity index (χ1n) is 9.62. The van der Waals surface area contributed by atoms with E-state index >= 15 is 0 Å². The van der Waals surface area contributed by atoms with Gasteiger partial charge in [0.1, 0.15) is 13.2 Å². The fraction of sp³-hybridized carbons (Fsp3) is 0.350. The molecule has 3 heterocycles. The van der Waals surface area contributed by atoms with Gasteiger partial charge in [-0.2, -0.15) is 4.68 Å². The van der Waals surface area contributed by atoms with Gasteiger partial charge in [0, 0.05) is 30.9 Å². The van der Waals surface area contributed by atoms with Crippen molar-refractivity contribution in [1.82, 2.24) is 20.2 Å². The van der Waals surface area contributed by atoms with Crippen LogP contribution in [0.3, 0.4) is 0 Å². The molecule has 1 aromatic heterocycles. The van der Waals surface area contributed by atoms with Crippen LogP contribution in [0.5, 0.6) is 11.5 Å². The van der Waals surface area contributed by atoms with E-state index < -0.39 is 0 Å². The Bertz CT molecular complexity index is 945. The summed E-state index contributed by atoms with van der Waals surface area (Å²) in [6.45, 7) is 2.97. The SMILES string of the molecule is c1ccc(-n2nnnc2N2CCC[C@H](Nc3ccc4c(c3)OCCO4)C2)cc1. The van der Waals surface area contributed by atoms with Gasteiger partial charge in [0.05, 0.1) is 5.69 Å². The zero-order valence-corrected chi connectivity index (χ0v) is 15.5. The first kappa shape index (κ1) is 16.9. The summed E-state index contributed by atoms with van der Waals surface area (Å²) in [7, 11) is 0. The number of nitrogens with zero attached hydrogens (tertiary/aromatic N) is 5. The third kappa shape index (κ3) is 3.33. The van der Waals surface area contributed by atoms with E-state index in [4.69, 9.17) is 9.47 Å². The number of nitrogens with one attached hydrogen (secondary N) is 1. The average Bonchev–Trinajstić information content (AvgIpc) is 3.25. The van der Waals surface area contributed by atoms with E-state index in [9.17, 15) is 0 Å². The van der Waals surface area contributed by atoms with Crippen molar-refractivity contribution in [2.45, 2.75) is 18.9 Å². The second kappa shape index (κ2) is 7.38. The molecule has 0 amide bonds. The third-order valence-corrected chi connectivity index (χ3v) is 5.07. The first-order chi connectivity index (χ1) is 13.9. The number of piperidine rings is 1. The molecule has 2 aromatic carbocycles. The molecule has 3 aromatic rings. The first-order valence-corrected chi connectivity index (χ1v) is 9.62. The maximum absolute atomic E-state index is 5.69. The fourth-order valence-electron chi connectivity index (χ4n) is 3.76. The van der Waals surface area contributed by atoms with Crippen molar-refractivity contribution in [2.24, 2.45) is 0 Å². The number of hydrogen-bond donors (Lipinski definition) is 1. The van der Waals surface area contributed by atoms with Crippen LogP contribution in [0.15, 0.2) is 48.5 Å². The van der Waals surface area contributed by atoms with Gasteiger partial charge in [0.2, 0.25) is 5.95 Å². The van der Waals surface area contributed by atoms with Crippen molar-refractivity contribution in [3.63, 3.8) is 0 Å². The van der Waals surface area contributed by atoms with Gasteiger partial charge in [-0.15, -0.1) is 0 Å². The third-order valence-electron chi connectivity index (χ3n) is 5.07. The van der Waals surface area contributed by atoms with Crippen molar-refractivity contribution in [3.8, 4) is 17.2 Å². The van der Waals surface area contributed by atoms with Crippen LogP contribution in [-0.4, -0.2) is 52.6 Å². The largest absolute Gasteiger partial charge is 0.486 e. The van der Waals surface area contributed by atoms with Gasteiger partial charge < -0.3 is 19.7 Å². The molecular formula is C20H22N6O2. The minimum Gasteiger partial charge on any atom is -0.486 e. The Kier molecular flexibility index (Phi) is 4.44. The van der Waals surface area contributed by atoms with Crippen LogP contribution in [0, 0.1) is 0 Å². The summed E-state index contributed by atoms with van der Waals surface area (Å²) in [4.78, 5) is 2.24. The Morgan fingerprint density at radius 2 is 1.86 bits per heavy atom. The van der Waals surface area contributed by atoms with E-state index in [0.717, 1.165) is 54.8 Å². The summed E-state index contributed by atoms with van der Waals surface area (Å²) in [5.41, 5.74) is 2.00. The number of aromatic nitrogens is 4. The molecule has 1 fully saturated rings. The van der Waals surface area contributed by atoms with E-state index in [-0.39, 0.29) is 0 Å². The molecule has 5 rings (SSSR count). The zero-order chi connectivity index (χ0) is 18.8. The Morgan fingerprint density at radius 1 is 1.00 bits per heavy atom. The van der Waals surface area contributed by atoms with Crippen LogP contribution in [0.1, 0.15) is 12.8 Å². The van der Waals surface area contributed by atoms with Crippen molar-refractivity contribution in [1.29, 1.82) is 0 Å². The molecule has 0 bridgehead atoms. The van der Waals surface area contributed by atoms with Gasteiger partial charge in [0.25, 0.3) is 0 Å². The second-order valence-electron chi connectivity index (χ2n) is 7.01. The van der Waals surface area contributed by atoms with Crippen LogP contribution in [0.25, 0.3) is 5.69 Å². The molecule has 1 saturated heterocycles. The van der Waals surface area contributed by atoms with Crippen molar-refractivity contribution in [3.05, 3.63) is 48.5 Å². The second-order valence-corrected chi connectivity index (χ2v) is 7.01. The van der Waals surface area contributed by atoms with Gasteiger partial charge in [-0.1, -0.05) is 23.3 Å². The van der Waals surface area contributed by atoms with Crippen LogP contribution >= 0.6 is 0 Å². The van der Waals surface area contributed by atoms with Gasteiger partial charge in [-0.05, 0) is 47.5 Å². The molecule has 0 radical (unpaired) electrons. The lowest BCUT2D eigenvalue weighted by Gasteiger charge is -2.34. The molecule has 28 heavy (non-hydrogen) atoms. The minimum atomic E-state index is 0.303. The lowest BCUT2D eigenvalue weighted by Crippen LogP contribution is -2.43. The van der Waals surface area contributed by atoms with Gasteiger partial charge in [-0.3, -0.25) is 0 Å². The van der Waals surface area contributed by atoms with E-state index in [1.807, 2.05) is 48.5 Å². The number of anilines is 2. The van der Waals surface area contributed by atoms with Crippen LogP contribution in [-0.2, 0) is 0 Å². The monoisotopic (exact) mass is 378 g/mol. The van der Waals surface area contributed by atoms with Crippen LogP contribution in [0.4, 0.5) is 11.6 Å². The Balaban J connectivity index is 1.32. The maximum Gasteiger partial charge on any atom is 0.250 e. The Labute approximate surface area is 163 Å². The number of benzene rings is 2. The molecule has 8 heteroatoms. The normalized spacial score (nSPS) is 18.7. The highest BCUT2D eigenvalue weighted by molar-refractivity contribution is 5.56. The summed E-state index contributed by atoms with van der Waals surface area (Å²) < 4.78 is 13.1. The molecule has 0 unspecified atom stereocenters. The van der Waals surface area contributed by atoms with Crippen molar-refractivity contribution < 1.29 is 9.47 Å². The summed E-state index contributed by atoms with van der Waals surface area (Å²) >= 11 is 0. The number of hydrogen-bond acceptors (Lipinski definition) is 7. The summed E-state index contributed by atoms with van der Waals surface area (Å²) in [5.74, 6) is 2.39. The molecule has 2 aliphatic heterocycles. The molecule has 0 spiro atoms. The molecule has 0 aliphatic carbocycles. The quantitative estimate of drug-likeness (QED) is 0.747. The number of tetrazole rings is 1. The highest BCUT2D eigenvalue weighted by Crippen LogP contribution is 2.33. The van der Waals surface area contributed by atoms with E-state index in [0.29, 0.717) is 19.3 Å². The summed E-state index contributed by atoms with van der Waals surface area (Å²) in [6, 6.07) is 16.3. The standard InChI is InChI=1S/C20H22N6O2/c1-2-6-17(7-3-1)26-20(22-23-24-26)25-10-4-5-16(14-25)21-15-8-9-18-19(13-15)28-12-11-27-18/h1-3,6-9,13,16,21H,4-5,10-12,14H2/t16-/m0/s1. The van der Waals surface area contributed by atoms with Crippen molar-refractivity contribution in [2.75, 3.05) is 36.5 Å². The average molecular weight is 378 g/mol. The Hall–Kier alpha value is -3.29. The maximum atomic E-state index is 5.69. The van der Waals surface area contributed by atoms with Gasteiger partial charge in [0.15, 0.2) is 11.5 Å². The molecule has 2 aliphatic rings. The Morgan fingerprint density at radius 3 is 2.75 bits per heavy atom.